The van der Waals surface area contributed by atoms with Crippen LogP contribution in [0.2, 0.25) is 0 Å². The minimum absolute atomic E-state index is 0.0157. The Morgan fingerprint density at radius 3 is 2.40 bits per heavy atom. The zero-order chi connectivity index (χ0) is 21.7. The Morgan fingerprint density at radius 2 is 1.83 bits per heavy atom. The Labute approximate surface area is 175 Å². The van der Waals surface area contributed by atoms with Gasteiger partial charge in [0.25, 0.3) is 0 Å². The molecule has 30 heavy (non-hydrogen) atoms. The van der Waals surface area contributed by atoms with Crippen LogP contribution in [0.5, 0.6) is 11.5 Å². The molecule has 0 bridgehead atoms. The zero-order valence-electron chi connectivity index (χ0n) is 16.7. The molecule has 0 aliphatic rings. The molecular weight excluding hydrogens is 378 g/mol. The van der Waals surface area contributed by atoms with Crippen LogP contribution in [0.1, 0.15) is 36.1 Å². The molecule has 1 heterocycles. The molecule has 0 radical (unpaired) electrons. The Morgan fingerprint density at radius 1 is 1.13 bits per heavy atom. The van der Waals surface area contributed by atoms with E-state index in [2.05, 4.69) is 16.4 Å². The maximum absolute atomic E-state index is 9.91. The van der Waals surface area contributed by atoms with Gasteiger partial charge >= 0.3 is 0 Å². The molecule has 0 saturated carbocycles. The molecule has 0 saturated heterocycles. The van der Waals surface area contributed by atoms with Crippen molar-refractivity contribution < 1.29 is 9.84 Å². The number of nitrogens with one attached hydrogen (secondary N) is 1. The van der Waals surface area contributed by atoms with Gasteiger partial charge in [0.05, 0.1) is 13.2 Å². The monoisotopic (exact) mass is 399 g/mol. The summed E-state index contributed by atoms with van der Waals surface area (Å²) in [5, 5.41) is 32.7. The first kappa shape index (κ1) is 20.5. The Balaban J connectivity index is 2.13. The fraction of sp³-hybridized carbons (Fsp3) is 0.174. The molecule has 1 aromatic heterocycles. The van der Waals surface area contributed by atoms with E-state index in [1.54, 1.807) is 19.2 Å². The van der Waals surface area contributed by atoms with Crippen molar-refractivity contribution >= 4 is 11.6 Å². The summed E-state index contributed by atoms with van der Waals surface area (Å²) in [4.78, 5) is 4.30. The summed E-state index contributed by atoms with van der Waals surface area (Å²) in [6.07, 6.45) is 0.722. The van der Waals surface area contributed by atoms with Gasteiger partial charge in [0.2, 0.25) is 0 Å². The first-order valence-electron chi connectivity index (χ1n) is 9.35. The quantitative estimate of drug-likeness (QED) is 0.562. The van der Waals surface area contributed by atoms with E-state index in [-0.39, 0.29) is 34.6 Å². The molecule has 1 unspecified atom stereocenters. The largest absolute Gasteiger partial charge is 0.508 e. The molecule has 1 atom stereocenters. The van der Waals surface area contributed by atoms with Gasteiger partial charge in [0.15, 0.2) is 0 Å². The van der Waals surface area contributed by atoms with Crippen LogP contribution in [0.25, 0.3) is 11.1 Å². The predicted octanol–water partition coefficient (Wildman–Crippen LogP) is 4.35. The third kappa shape index (κ3) is 3.96. The first-order valence-corrected chi connectivity index (χ1v) is 9.35. The number of ether oxygens (including phenoxy) is 1. The molecule has 0 spiro atoms. The number of methoxy groups -OCH3 is 1. The second kappa shape index (κ2) is 8.85. The number of pyridine rings is 1. The first-order chi connectivity index (χ1) is 14.5. The molecule has 150 valence electrons. The fourth-order valence-electron chi connectivity index (χ4n) is 3.30. The van der Waals surface area contributed by atoms with Gasteiger partial charge in [-0.2, -0.15) is 10.5 Å². The van der Waals surface area contributed by atoms with E-state index in [0.717, 1.165) is 17.7 Å². The van der Waals surface area contributed by atoms with Crippen LogP contribution in [-0.2, 0) is 0 Å². The number of phenols is 1. The lowest BCUT2D eigenvalue weighted by Gasteiger charge is -2.21. The van der Waals surface area contributed by atoms with Crippen LogP contribution < -0.4 is 15.8 Å². The minimum atomic E-state index is -0.139. The summed E-state index contributed by atoms with van der Waals surface area (Å²) in [6.45, 7) is 2.01. The number of aromatic nitrogens is 1. The lowest BCUT2D eigenvalue weighted by atomic mass is 9.95. The summed E-state index contributed by atoms with van der Waals surface area (Å²) >= 11 is 0. The van der Waals surface area contributed by atoms with Gasteiger partial charge in [-0.1, -0.05) is 31.2 Å². The molecule has 0 amide bonds. The van der Waals surface area contributed by atoms with E-state index >= 15 is 0 Å². The Kier molecular flexibility index (Phi) is 6.05. The third-order valence-electron chi connectivity index (χ3n) is 4.82. The summed E-state index contributed by atoms with van der Waals surface area (Å²) in [7, 11) is 1.61. The zero-order valence-corrected chi connectivity index (χ0v) is 16.7. The topological polar surface area (TPSA) is 128 Å². The molecule has 0 fully saturated rings. The average molecular weight is 399 g/mol. The minimum Gasteiger partial charge on any atom is -0.508 e. The van der Waals surface area contributed by atoms with Crippen molar-refractivity contribution in [3.63, 3.8) is 0 Å². The van der Waals surface area contributed by atoms with Crippen LogP contribution in [0, 0.1) is 22.7 Å². The summed E-state index contributed by atoms with van der Waals surface area (Å²) in [5.41, 5.74) is 8.20. The maximum Gasteiger partial charge on any atom is 0.147 e. The number of nitrogens with two attached hydrogens (primary N) is 1. The summed E-state index contributed by atoms with van der Waals surface area (Å²) in [5.74, 6) is 1.07. The van der Waals surface area contributed by atoms with Gasteiger partial charge in [0, 0.05) is 5.56 Å². The van der Waals surface area contributed by atoms with Gasteiger partial charge in [-0.25, -0.2) is 4.98 Å². The number of nitrogens with zero attached hydrogens (tertiary/aromatic N) is 3. The van der Waals surface area contributed by atoms with Crippen LogP contribution >= 0.6 is 0 Å². The van der Waals surface area contributed by atoms with Crippen molar-refractivity contribution in [2.45, 2.75) is 19.4 Å². The van der Waals surface area contributed by atoms with E-state index < -0.39 is 0 Å². The number of hydrogen-bond donors (Lipinski definition) is 3. The number of hydrogen-bond acceptors (Lipinski definition) is 7. The van der Waals surface area contributed by atoms with E-state index in [4.69, 9.17) is 10.5 Å². The van der Waals surface area contributed by atoms with Crippen LogP contribution in [-0.4, -0.2) is 17.2 Å². The number of nitrogen functional groups attached to an aromatic ring is 1. The molecule has 3 aromatic rings. The second-order valence-corrected chi connectivity index (χ2v) is 6.62. The third-order valence-corrected chi connectivity index (χ3v) is 4.82. The molecule has 3 rings (SSSR count). The van der Waals surface area contributed by atoms with Crippen LogP contribution in [0.3, 0.4) is 0 Å². The van der Waals surface area contributed by atoms with Crippen molar-refractivity contribution in [3.05, 3.63) is 65.2 Å². The number of rotatable bonds is 6. The highest BCUT2D eigenvalue weighted by atomic mass is 16.5. The fourth-order valence-corrected chi connectivity index (χ4v) is 3.30. The Bertz CT molecular complexity index is 1140. The lowest BCUT2D eigenvalue weighted by Crippen LogP contribution is -2.14. The van der Waals surface area contributed by atoms with Crippen molar-refractivity contribution in [3.8, 4) is 34.8 Å². The molecule has 0 aliphatic heterocycles. The highest BCUT2D eigenvalue weighted by Crippen LogP contribution is 2.36. The summed E-state index contributed by atoms with van der Waals surface area (Å²) in [6, 6.07) is 18.0. The molecule has 2 aromatic carbocycles. The highest BCUT2D eigenvalue weighted by molar-refractivity contribution is 5.85. The molecule has 0 aliphatic carbocycles. The van der Waals surface area contributed by atoms with Gasteiger partial charge in [-0.05, 0) is 41.8 Å². The maximum atomic E-state index is 9.91. The normalized spacial score (nSPS) is 11.2. The van der Waals surface area contributed by atoms with Crippen molar-refractivity contribution in [1.29, 1.82) is 10.5 Å². The molecule has 7 heteroatoms. The van der Waals surface area contributed by atoms with Gasteiger partial charge in [-0.3, -0.25) is 0 Å². The van der Waals surface area contributed by atoms with Gasteiger partial charge < -0.3 is 20.9 Å². The average Bonchev–Trinajstić information content (AvgIpc) is 2.77. The number of phenolic OH excluding ortho intramolecular Hbond substituents is 1. The van der Waals surface area contributed by atoms with Gasteiger partial charge in [0.1, 0.15) is 46.4 Å². The summed E-state index contributed by atoms with van der Waals surface area (Å²) < 4.78 is 5.21. The van der Waals surface area contributed by atoms with Crippen LogP contribution in [0.15, 0.2) is 48.5 Å². The number of nitriles is 2. The van der Waals surface area contributed by atoms with Gasteiger partial charge in [-0.15, -0.1) is 0 Å². The lowest BCUT2D eigenvalue weighted by molar-refractivity contribution is 0.414. The number of aromatic hydroxyl groups is 1. The van der Waals surface area contributed by atoms with Crippen LogP contribution in [0.4, 0.5) is 11.6 Å². The van der Waals surface area contributed by atoms with Crippen molar-refractivity contribution in [2.75, 3.05) is 18.2 Å². The standard InChI is InChI=1S/C23H21N5O2/c1-3-20(14-7-9-17(30-2)10-8-14)27-23-19(13-25)21(18(12-24)22(26)28-23)15-5-4-6-16(29)11-15/h4-11,20,29H,3H2,1-2H3,(H3,26,27,28). The molecular formula is C23H21N5O2. The highest BCUT2D eigenvalue weighted by Gasteiger charge is 2.22. The molecule has 4 N–H and O–H groups in total. The second-order valence-electron chi connectivity index (χ2n) is 6.62. The van der Waals surface area contributed by atoms with Crippen molar-refractivity contribution in [2.24, 2.45) is 0 Å². The predicted molar refractivity (Wildman–Crippen MR) is 115 cm³/mol. The number of anilines is 2. The SMILES string of the molecule is CCC(Nc1nc(N)c(C#N)c(-c2cccc(O)c2)c1C#N)c1ccc(OC)cc1. The van der Waals surface area contributed by atoms with E-state index in [0.29, 0.717) is 11.1 Å². The molecule has 7 nitrogen and oxygen atoms in total. The van der Waals surface area contributed by atoms with E-state index in [1.807, 2.05) is 37.3 Å². The van der Waals surface area contributed by atoms with Crippen molar-refractivity contribution in [1.82, 2.24) is 4.98 Å². The van der Waals surface area contributed by atoms with E-state index in [9.17, 15) is 15.6 Å². The van der Waals surface area contributed by atoms with E-state index in [1.165, 1.54) is 12.1 Å². The number of benzene rings is 2. The smallest absolute Gasteiger partial charge is 0.147 e. The Hall–Kier alpha value is -4.23.